The van der Waals surface area contributed by atoms with Crippen LogP contribution in [0.5, 0.6) is 0 Å². The Balaban J connectivity index is 2.05. The minimum atomic E-state index is -0.671. The third-order valence-electron chi connectivity index (χ3n) is 3.67. The number of hydrogen-bond donors (Lipinski definition) is 2. The summed E-state index contributed by atoms with van der Waals surface area (Å²) in [6, 6.07) is 8.91. The number of unbranched alkanes of at least 4 members (excludes halogenated alkanes) is 1. The minimum absolute atomic E-state index is 0.250. The zero-order chi connectivity index (χ0) is 19.4. The Bertz CT molecular complexity index is 546. The highest BCUT2D eigenvalue weighted by atomic mass is 32.3. The Kier molecular flexibility index (Phi) is 10.1. The van der Waals surface area contributed by atoms with Gasteiger partial charge in [-0.1, -0.05) is 30.3 Å². The lowest BCUT2D eigenvalue weighted by Crippen LogP contribution is -2.33. The van der Waals surface area contributed by atoms with Crippen molar-refractivity contribution in [3.8, 4) is 0 Å². The summed E-state index contributed by atoms with van der Waals surface area (Å²) < 4.78 is 10.3. The molecule has 1 aromatic rings. The highest BCUT2D eigenvalue weighted by molar-refractivity contribution is 8.32. The first-order valence-electron chi connectivity index (χ1n) is 8.81. The lowest BCUT2D eigenvalue weighted by Gasteiger charge is -2.24. The molecule has 1 atom stereocenters. The largest absolute Gasteiger partial charge is 0.464 e. The quantitative estimate of drug-likeness (QED) is 0.452. The number of esters is 1. The molecule has 7 heteroatoms. The van der Waals surface area contributed by atoms with E-state index in [0.717, 1.165) is 24.2 Å². The predicted molar refractivity (Wildman–Crippen MR) is 108 cm³/mol. The van der Waals surface area contributed by atoms with E-state index in [-0.39, 0.29) is 12.6 Å². The third-order valence-corrected chi connectivity index (χ3v) is 5.06. The normalized spacial score (nSPS) is 12.9. The highest BCUT2D eigenvalue weighted by Crippen LogP contribution is 2.33. The number of alkyl carbamates (subject to hydrolysis) is 1. The van der Waals surface area contributed by atoms with E-state index in [0.29, 0.717) is 19.6 Å². The predicted octanol–water partition coefficient (Wildman–Crippen LogP) is 2.65. The molecule has 0 radical (unpaired) electrons. The van der Waals surface area contributed by atoms with Crippen molar-refractivity contribution < 1.29 is 19.1 Å². The molecule has 0 heterocycles. The Morgan fingerprint density at radius 2 is 1.81 bits per heavy atom. The van der Waals surface area contributed by atoms with E-state index >= 15 is 0 Å². The second-order valence-electron chi connectivity index (χ2n) is 7.05. The highest BCUT2D eigenvalue weighted by Gasteiger charge is 2.15. The van der Waals surface area contributed by atoms with Crippen LogP contribution in [-0.4, -0.2) is 55.8 Å². The maximum Gasteiger partial charge on any atom is 0.407 e. The Morgan fingerprint density at radius 3 is 2.46 bits per heavy atom. The molecule has 0 aliphatic heterocycles. The maximum atomic E-state index is 11.8. The average molecular weight is 385 g/mol. The van der Waals surface area contributed by atoms with Crippen LogP contribution in [0, 0.1) is 0 Å². The van der Waals surface area contributed by atoms with Crippen molar-refractivity contribution in [3.05, 3.63) is 35.9 Å². The summed E-state index contributed by atoms with van der Waals surface area (Å²) in [7, 11) is -0.671. The average Bonchev–Trinajstić information content (AvgIpc) is 2.59. The molecule has 6 nitrogen and oxygen atoms in total. The van der Waals surface area contributed by atoms with E-state index in [1.165, 1.54) is 0 Å². The van der Waals surface area contributed by atoms with Crippen molar-refractivity contribution in [1.29, 1.82) is 0 Å². The van der Waals surface area contributed by atoms with Crippen LogP contribution in [0.2, 0.25) is 0 Å². The van der Waals surface area contributed by atoms with Gasteiger partial charge in [0.05, 0.1) is 6.61 Å². The molecule has 0 bridgehead atoms. The number of carbonyl (C=O) groups excluding carboxylic acids is 2. The number of nitrogens with one attached hydrogen (secondary N) is 1. The van der Waals surface area contributed by atoms with Crippen LogP contribution in [0.25, 0.3) is 0 Å². The molecule has 0 aromatic heterocycles. The van der Waals surface area contributed by atoms with Gasteiger partial charge in [-0.15, -0.1) is 0 Å². The molecule has 1 unspecified atom stereocenters. The van der Waals surface area contributed by atoms with Crippen molar-refractivity contribution in [2.75, 3.05) is 37.7 Å². The molecule has 148 valence electrons. The summed E-state index contributed by atoms with van der Waals surface area (Å²) in [5.74, 6) is 0.546. The molecule has 0 aliphatic rings. The molecule has 0 saturated carbocycles. The van der Waals surface area contributed by atoms with Gasteiger partial charge in [0.1, 0.15) is 12.6 Å². The van der Waals surface area contributed by atoms with Gasteiger partial charge in [0.2, 0.25) is 0 Å². The van der Waals surface area contributed by atoms with Crippen molar-refractivity contribution in [2.24, 2.45) is 5.73 Å². The number of nitrogens with two attached hydrogens (primary N) is 1. The van der Waals surface area contributed by atoms with E-state index in [2.05, 4.69) is 24.1 Å². The standard InChI is InChI=1S/C19H32N2O4S/c1-26(2,3)14-13-24-18(22)17(20)11-7-8-12-21-19(23)25-15-16-9-5-4-6-10-16/h4-6,9-10,17H,7-8,11-15,20H2,1-3H3,(H,21,23). The fourth-order valence-electron chi connectivity index (χ4n) is 2.07. The number of rotatable bonds is 11. The molecular weight excluding hydrogens is 352 g/mol. The molecule has 1 aromatic carbocycles. The molecule has 0 fully saturated rings. The second-order valence-corrected chi connectivity index (χ2v) is 11.6. The van der Waals surface area contributed by atoms with Crippen LogP contribution in [-0.2, 0) is 20.9 Å². The number of hydrogen-bond acceptors (Lipinski definition) is 5. The molecule has 0 aliphatic carbocycles. The maximum absolute atomic E-state index is 11.8. The monoisotopic (exact) mass is 384 g/mol. The molecule has 0 spiro atoms. The first-order valence-corrected chi connectivity index (χ1v) is 11.8. The fourth-order valence-corrected chi connectivity index (χ4v) is 2.65. The van der Waals surface area contributed by atoms with Crippen molar-refractivity contribution in [2.45, 2.75) is 31.9 Å². The first-order chi connectivity index (χ1) is 12.3. The summed E-state index contributed by atoms with van der Waals surface area (Å²) >= 11 is 0. The summed E-state index contributed by atoms with van der Waals surface area (Å²) in [6.07, 6.45) is 8.10. The molecule has 26 heavy (non-hydrogen) atoms. The summed E-state index contributed by atoms with van der Waals surface area (Å²) in [4.78, 5) is 23.4. The van der Waals surface area contributed by atoms with Gasteiger partial charge < -0.3 is 20.5 Å². The van der Waals surface area contributed by atoms with Gasteiger partial charge in [-0.2, -0.15) is 0 Å². The fraction of sp³-hybridized carbons (Fsp3) is 0.579. The van der Waals surface area contributed by atoms with Crippen molar-refractivity contribution in [3.63, 3.8) is 0 Å². The van der Waals surface area contributed by atoms with E-state index in [9.17, 15) is 9.59 Å². The Morgan fingerprint density at radius 1 is 1.12 bits per heavy atom. The van der Waals surface area contributed by atoms with Crippen LogP contribution in [0.1, 0.15) is 24.8 Å². The summed E-state index contributed by atoms with van der Waals surface area (Å²) in [5, 5.41) is 2.69. The van der Waals surface area contributed by atoms with E-state index < -0.39 is 22.2 Å². The molecule has 1 rings (SSSR count). The minimum Gasteiger partial charge on any atom is -0.464 e. The number of carbonyl (C=O) groups is 2. The van der Waals surface area contributed by atoms with Crippen LogP contribution >= 0.6 is 10.0 Å². The van der Waals surface area contributed by atoms with E-state index in [1.54, 1.807) is 0 Å². The SMILES string of the molecule is CS(C)(C)CCOC(=O)C(N)CCCCNC(=O)OCc1ccccc1. The molecular formula is C19H32N2O4S. The van der Waals surface area contributed by atoms with E-state index in [4.69, 9.17) is 15.2 Å². The lowest BCUT2D eigenvalue weighted by atomic mass is 10.1. The van der Waals surface area contributed by atoms with Crippen molar-refractivity contribution >= 4 is 22.1 Å². The van der Waals surface area contributed by atoms with Gasteiger partial charge in [0.15, 0.2) is 0 Å². The van der Waals surface area contributed by atoms with Crippen LogP contribution in [0.4, 0.5) is 4.79 Å². The van der Waals surface area contributed by atoms with Gasteiger partial charge >= 0.3 is 12.1 Å². The van der Waals surface area contributed by atoms with Gasteiger partial charge in [-0.3, -0.25) is 4.79 Å². The first kappa shape index (κ1) is 22.3. The number of ether oxygens (including phenoxy) is 2. The smallest absolute Gasteiger partial charge is 0.407 e. The van der Waals surface area contributed by atoms with Gasteiger partial charge in [-0.05, 0) is 43.6 Å². The summed E-state index contributed by atoms with van der Waals surface area (Å²) in [5.41, 5.74) is 6.79. The topological polar surface area (TPSA) is 90.6 Å². The van der Waals surface area contributed by atoms with Gasteiger partial charge in [-0.25, -0.2) is 14.8 Å². The molecule has 3 N–H and O–H groups in total. The second kappa shape index (κ2) is 11.8. The Labute approximate surface area is 158 Å². The van der Waals surface area contributed by atoms with Crippen molar-refractivity contribution in [1.82, 2.24) is 5.32 Å². The van der Waals surface area contributed by atoms with E-state index in [1.807, 2.05) is 30.3 Å². The number of amides is 1. The van der Waals surface area contributed by atoms with Crippen LogP contribution in [0.15, 0.2) is 30.3 Å². The van der Waals surface area contributed by atoms with Gasteiger partial charge in [0, 0.05) is 12.3 Å². The molecule has 0 saturated heterocycles. The van der Waals surface area contributed by atoms with Crippen LogP contribution in [0.3, 0.4) is 0 Å². The molecule has 1 amide bonds. The zero-order valence-electron chi connectivity index (χ0n) is 16.0. The zero-order valence-corrected chi connectivity index (χ0v) is 16.8. The lowest BCUT2D eigenvalue weighted by molar-refractivity contribution is -0.144. The number of benzene rings is 1. The Hall–Kier alpha value is -1.73. The third kappa shape index (κ3) is 11.0. The van der Waals surface area contributed by atoms with Gasteiger partial charge in [0.25, 0.3) is 0 Å². The van der Waals surface area contributed by atoms with Crippen LogP contribution < -0.4 is 11.1 Å². The summed E-state index contributed by atoms with van der Waals surface area (Å²) in [6.45, 7) is 1.17.